The maximum Gasteiger partial charge on any atom is 0.274 e. The monoisotopic (exact) mass is 1820 g/mol. The molecule has 0 spiro atoms. The molecular weight excluding hydrogens is 1720 g/mol. The summed E-state index contributed by atoms with van der Waals surface area (Å²) < 4.78 is 82.4. The Kier molecular flexibility index (Phi) is 28.6. The molecule has 4 saturated carbocycles. The Labute approximate surface area is 766 Å². The third-order valence-corrected chi connectivity index (χ3v) is 23.6. The van der Waals surface area contributed by atoms with E-state index >= 15 is 0 Å². The number of rotatable bonds is 25. The van der Waals surface area contributed by atoms with Crippen LogP contribution in [0.5, 0.6) is 23.5 Å². The van der Waals surface area contributed by atoms with E-state index in [4.69, 9.17) is 42.6 Å². The van der Waals surface area contributed by atoms with E-state index in [1.165, 1.54) is 37.8 Å². The van der Waals surface area contributed by atoms with Crippen LogP contribution in [0.25, 0.3) is 54.5 Å². The number of ketones is 1. The highest BCUT2D eigenvalue weighted by Gasteiger charge is 2.69. The summed E-state index contributed by atoms with van der Waals surface area (Å²) in [6.45, 7) is 7.09. The second-order valence-corrected chi connectivity index (χ2v) is 33.5. The lowest BCUT2D eigenvalue weighted by Crippen LogP contribution is -2.64. The van der Waals surface area contributed by atoms with Gasteiger partial charge in [-0.2, -0.15) is 5.10 Å². The Morgan fingerprint density at radius 1 is 0.410 bits per heavy atom. The van der Waals surface area contributed by atoms with Crippen molar-refractivity contribution in [3.05, 3.63) is 247 Å². The van der Waals surface area contributed by atoms with Gasteiger partial charge in [0.2, 0.25) is 23.5 Å². The van der Waals surface area contributed by atoms with Crippen LogP contribution < -0.4 is 45.5 Å². The van der Waals surface area contributed by atoms with Gasteiger partial charge < -0.3 is 69.2 Å². The average molecular weight is 1820 g/mol. The molecule has 0 radical (unpaired) electrons. The maximum atomic E-state index is 13.7. The minimum absolute atomic E-state index is 0.0439. The fourth-order valence-corrected chi connectivity index (χ4v) is 16.8. The van der Waals surface area contributed by atoms with E-state index in [-0.39, 0.29) is 52.7 Å². The molecule has 134 heavy (non-hydrogen) atoms. The number of halogens is 2. The first kappa shape index (κ1) is 91.0. The van der Waals surface area contributed by atoms with E-state index in [1.54, 1.807) is 155 Å². The number of fused-ring (bicyclic) bond motifs is 5. The molecule has 5 amide bonds. The molecule has 3 aliphatic heterocycles. The third-order valence-electron chi connectivity index (χ3n) is 23.6. The summed E-state index contributed by atoms with van der Waals surface area (Å²) in [7, 11) is 5.43. The number of H-pyrrole nitrogens is 2. The number of aryl methyl sites for hydroxylation is 3. The van der Waals surface area contributed by atoms with Crippen molar-refractivity contribution in [3.63, 3.8) is 0 Å². The Hall–Kier alpha value is -14.9. The van der Waals surface area contributed by atoms with Crippen LogP contribution >= 0.6 is 0 Å². The predicted octanol–water partition coefficient (Wildman–Crippen LogP) is 14.6. The molecule has 7 fully saturated rings. The lowest BCUT2D eigenvalue weighted by Gasteiger charge is -2.65. The van der Waals surface area contributed by atoms with Gasteiger partial charge in [0.15, 0.2) is 5.78 Å². The highest BCUT2D eigenvalue weighted by molar-refractivity contribution is 6.10. The molecule has 15 aromatic rings. The first-order valence-electron chi connectivity index (χ1n) is 44.1. The molecule has 22 rings (SSSR count). The Balaban J connectivity index is 0.000000117. The molecule has 690 valence electrons. The molecule has 3 saturated heterocycles. The Bertz CT molecular complexity index is 6620. The first-order chi connectivity index (χ1) is 65.3. The molecule has 2 bridgehead atoms. The van der Waals surface area contributed by atoms with Crippen molar-refractivity contribution < 1.29 is 80.2 Å². The molecule has 35 nitrogen and oxygen atoms in total. The van der Waals surface area contributed by atoms with Crippen molar-refractivity contribution in [1.82, 2.24) is 74.7 Å². The van der Waals surface area contributed by atoms with Gasteiger partial charge in [-0.05, 0) is 214 Å². The zero-order chi connectivity index (χ0) is 92.5. The number of amides is 5. The fourth-order valence-electron chi connectivity index (χ4n) is 16.8. The molecule has 10 aromatic heterocycles. The normalized spacial score (nSPS) is 17.9. The van der Waals surface area contributed by atoms with Crippen LogP contribution in [-0.4, -0.2) is 207 Å². The van der Waals surface area contributed by atoms with Crippen molar-refractivity contribution in [1.29, 1.82) is 0 Å². The van der Waals surface area contributed by atoms with Crippen molar-refractivity contribution in [2.24, 2.45) is 38.4 Å². The molecule has 7 aliphatic rings. The number of pyridine rings is 5. The van der Waals surface area contributed by atoms with Crippen LogP contribution in [0, 0.1) is 23.1 Å². The quantitative estimate of drug-likeness (QED) is 0.0261. The van der Waals surface area contributed by atoms with E-state index in [9.17, 15) is 37.5 Å². The Morgan fingerprint density at radius 2 is 0.791 bits per heavy atom. The predicted molar refractivity (Wildman–Crippen MR) is 493 cm³/mol. The molecule has 5 aromatic carbocycles. The van der Waals surface area contributed by atoms with E-state index in [1.807, 2.05) is 68.7 Å². The number of carbonyl (C=O) groups excluding carboxylic acids is 6. The summed E-state index contributed by atoms with van der Waals surface area (Å²) in [5, 5.41) is 46.0. The van der Waals surface area contributed by atoms with Gasteiger partial charge >= 0.3 is 0 Å². The summed E-state index contributed by atoms with van der Waals surface area (Å²) in [5.41, 5.74) is 8.07. The van der Waals surface area contributed by atoms with Gasteiger partial charge in [-0.1, -0.05) is 37.1 Å². The van der Waals surface area contributed by atoms with Crippen molar-refractivity contribution in [3.8, 4) is 23.5 Å². The van der Waals surface area contributed by atoms with Gasteiger partial charge in [-0.3, -0.25) is 72.9 Å². The van der Waals surface area contributed by atoms with Crippen LogP contribution in [-0.2, 0) is 44.8 Å². The number of aromatic amines is 2. The van der Waals surface area contributed by atoms with Gasteiger partial charge in [-0.25, -0.2) is 13.8 Å². The van der Waals surface area contributed by atoms with Gasteiger partial charge in [-0.15, -0.1) is 20.4 Å². The zero-order valence-electron chi connectivity index (χ0n) is 73.7. The second-order valence-electron chi connectivity index (χ2n) is 33.5. The maximum absolute atomic E-state index is 13.7. The molecule has 7 N–H and O–H groups in total. The summed E-state index contributed by atoms with van der Waals surface area (Å²) in [6, 6.07) is 50.8. The van der Waals surface area contributed by atoms with E-state index in [0.717, 1.165) is 93.4 Å². The van der Waals surface area contributed by atoms with Crippen LogP contribution in [0.2, 0.25) is 0 Å². The third kappa shape index (κ3) is 22.6. The van der Waals surface area contributed by atoms with Gasteiger partial charge in [0.25, 0.3) is 29.5 Å². The Morgan fingerprint density at radius 3 is 1.19 bits per heavy atom. The minimum Gasteiger partial charge on any atom is -0.476 e. The molecule has 13 heterocycles. The van der Waals surface area contributed by atoms with Gasteiger partial charge in [0, 0.05) is 99.4 Å². The van der Waals surface area contributed by atoms with Gasteiger partial charge in [0.1, 0.15) is 71.1 Å². The average Bonchev–Trinajstić information content (AvgIpc) is 0.725. The van der Waals surface area contributed by atoms with Crippen LogP contribution in [0.4, 0.5) is 37.2 Å². The fraction of sp³-hybridized carbons (Fsp3) is 0.320. The number of nitrogens with zero attached hydrogens (tertiary/aromatic N) is 13. The number of anilines is 5. The summed E-state index contributed by atoms with van der Waals surface area (Å²) in [5.74, 6) is 1.36. The summed E-state index contributed by atoms with van der Waals surface area (Å²) >= 11 is 0. The number of nitrogens with one attached hydrogen (secondary N) is 7. The summed E-state index contributed by atoms with van der Waals surface area (Å²) in [6.07, 6.45) is 16.1. The molecule has 0 unspecified atom stereocenters. The number of benzene rings is 5. The molecule has 37 heteroatoms. The molecule has 4 aliphatic carbocycles. The number of hydrogen-bond acceptors (Lipinski definition) is 25. The standard InChI is InChI=1S/C21H19FN4O2.C20H21FN4O3.C19H20N4O4.C19H20N4O2.C18H18N4O4/c1-26-16-8-13(24-19(28)15-4-2-3-7-23-15)5-6-14(16)18(25-26)17(27)9-20-10-21(22,11-20)12-20;1-25-18-10-15(23-19(26)17-5-2-14(21)11-22-17)3-4-16(18)20(24-25)28-12-13-6-8-27-9-7-13;1-23-17-10-13(21-18(24)16-4-2-3-7-20-16)5-6-15(17)19(22-23)27-12-14-11-25-8-9-26-14;24-18(16-7-3-4-10-20-16)21-14-8-9-15-17(11-14)22-23-19(15)25-12-13-5-1-2-6-13;23-17(15-3-1-2-6-19-15)20-12-4-5-14-16(9-12)21-22-18(14)26-11-13-10-24-7-8-25-13/h2-8H,9-12H2,1H3,(H,24,28);2-5,10-11,13H,6-9,12H2,1H3,(H,23,26);2-7,10,14H,8-9,11-12H2,1H3,(H,21,24);3-4,7-11,13H,1-2,5-6,12H2,(H,21,24)(H,22,23);1-6,9,13H,7-8,10-11H2,(H,20,23)(H,21,22)/t;;14-;;13-/m..0.0/s1. The number of alkyl halides is 1. The van der Waals surface area contributed by atoms with E-state index in [2.05, 4.69) is 87.2 Å². The minimum atomic E-state index is -1.01. The zero-order valence-corrected chi connectivity index (χ0v) is 73.7. The lowest BCUT2D eigenvalue weighted by molar-refractivity contribution is -0.210. The van der Waals surface area contributed by atoms with Crippen LogP contribution in [0.1, 0.15) is 127 Å². The topological polar surface area (TPSA) is 421 Å². The highest BCUT2D eigenvalue weighted by Crippen LogP contribution is 2.71. The summed E-state index contributed by atoms with van der Waals surface area (Å²) in [4.78, 5) is 94.0. The number of hydrogen-bond donors (Lipinski definition) is 7. The number of aromatic nitrogens is 15. The van der Waals surface area contributed by atoms with Crippen molar-refractivity contribution >= 4 is 118 Å². The number of ether oxygens (including phenoxy) is 9. The van der Waals surface area contributed by atoms with Crippen molar-refractivity contribution in [2.45, 2.75) is 82.1 Å². The largest absolute Gasteiger partial charge is 0.476 e. The second kappa shape index (κ2) is 42.1. The molecule has 2 atom stereocenters. The van der Waals surface area contributed by atoms with Crippen LogP contribution in [0.3, 0.4) is 0 Å². The number of carbonyl (C=O) groups is 6. The van der Waals surface area contributed by atoms with Crippen molar-refractivity contribution in [2.75, 3.05) is 106 Å². The smallest absolute Gasteiger partial charge is 0.274 e. The lowest BCUT2D eigenvalue weighted by atomic mass is 9.41. The number of Topliss-reactive ketones (excluding diaryl/α,β-unsaturated/α-hetero) is 1. The first-order valence-corrected chi connectivity index (χ1v) is 44.1. The highest BCUT2D eigenvalue weighted by atomic mass is 19.1. The van der Waals surface area contributed by atoms with E-state index < -0.39 is 17.4 Å². The SMILES string of the molecule is Cn1nc(C(=O)CC23CC(F)(C2)C3)c2ccc(NC(=O)c3ccccn3)cc21.Cn1nc(OCC2CCOCC2)c2ccc(NC(=O)c3ccc(F)cn3)cc21.Cn1nc(OC[C@@H]2COCCO2)c2ccc(NC(=O)c3ccccn3)cc21.O=C(Nc1ccc2c(OCC3CCCC3)n[nH]c2c1)c1ccccn1.O=C(Nc1ccc2c(OC[C@@H]3COCCO3)n[nH]c2c1)c1ccccn1. The van der Waals surface area contributed by atoms with E-state index in [0.29, 0.717) is 177 Å². The molecular formula is C97H98F2N20O15. The van der Waals surface area contributed by atoms with Crippen LogP contribution in [0.15, 0.2) is 207 Å². The van der Waals surface area contributed by atoms with Gasteiger partial charge in [0.05, 0.1) is 108 Å².